The van der Waals surface area contributed by atoms with Gasteiger partial charge in [0.05, 0.1) is 0 Å². The lowest BCUT2D eigenvalue weighted by molar-refractivity contribution is -0.121. The quantitative estimate of drug-likeness (QED) is 0.747. The highest BCUT2D eigenvalue weighted by atomic mass is 16.2. The minimum atomic E-state index is -0.321. The van der Waals surface area contributed by atoms with E-state index in [1.54, 1.807) is 48.5 Å². The van der Waals surface area contributed by atoms with E-state index in [4.69, 9.17) is 0 Å². The second-order valence-electron chi connectivity index (χ2n) is 5.87. The van der Waals surface area contributed by atoms with E-state index in [1.165, 1.54) is 13.8 Å². The maximum Gasteiger partial charge on any atom is 0.224 e. The van der Waals surface area contributed by atoms with Crippen molar-refractivity contribution in [3.8, 4) is 0 Å². The lowest BCUT2D eigenvalue weighted by Gasteiger charge is -2.08. The van der Waals surface area contributed by atoms with Crippen molar-refractivity contribution in [1.29, 1.82) is 0 Å². The molecule has 2 amide bonds. The Labute approximate surface area is 151 Å². The van der Waals surface area contributed by atoms with Crippen LogP contribution in [0, 0.1) is 0 Å². The maximum absolute atomic E-state index is 12.0. The molecule has 0 saturated carbocycles. The fourth-order valence-electron chi connectivity index (χ4n) is 2.31. The Morgan fingerprint density at radius 2 is 1.08 bits per heavy atom. The van der Waals surface area contributed by atoms with E-state index >= 15 is 0 Å². The topological polar surface area (TPSA) is 92.3 Å². The van der Waals surface area contributed by atoms with Crippen molar-refractivity contribution >= 4 is 34.8 Å². The lowest BCUT2D eigenvalue weighted by atomic mass is 10.1. The molecule has 0 atom stereocenters. The van der Waals surface area contributed by atoms with Gasteiger partial charge in [-0.2, -0.15) is 0 Å². The van der Waals surface area contributed by atoms with Crippen molar-refractivity contribution in [2.45, 2.75) is 26.7 Å². The summed E-state index contributed by atoms with van der Waals surface area (Å²) in [7, 11) is 0. The Morgan fingerprint density at radius 1 is 0.692 bits per heavy atom. The number of Topliss-reactive ketones (excluding diaryl/α,β-unsaturated/α-hetero) is 2. The van der Waals surface area contributed by atoms with E-state index in [1.807, 2.05) is 0 Å². The van der Waals surface area contributed by atoms with Gasteiger partial charge in [0.15, 0.2) is 11.6 Å². The van der Waals surface area contributed by atoms with Gasteiger partial charge < -0.3 is 10.6 Å². The van der Waals surface area contributed by atoms with Gasteiger partial charge in [-0.1, -0.05) is 24.3 Å². The predicted molar refractivity (Wildman–Crippen MR) is 99.4 cm³/mol. The van der Waals surface area contributed by atoms with Gasteiger partial charge in [0.2, 0.25) is 11.8 Å². The first-order chi connectivity index (χ1) is 12.3. The zero-order chi connectivity index (χ0) is 19.1. The van der Waals surface area contributed by atoms with Gasteiger partial charge in [-0.05, 0) is 38.1 Å². The largest absolute Gasteiger partial charge is 0.326 e. The van der Waals surface area contributed by atoms with Gasteiger partial charge in [-0.3, -0.25) is 19.2 Å². The summed E-state index contributed by atoms with van der Waals surface area (Å²) in [5.74, 6) is -0.821. The summed E-state index contributed by atoms with van der Waals surface area (Å²) in [6.07, 6.45) is 0.00502. The highest BCUT2D eigenvalue weighted by Gasteiger charge is 2.09. The molecule has 134 valence electrons. The van der Waals surface area contributed by atoms with Crippen LogP contribution >= 0.6 is 0 Å². The van der Waals surface area contributed by atoms with Gasteiger partial charge >= 0.3 is 0 Å². The number of hydrogen-bond acceptors (Lipinski definition) is 4. The van der Waals surface area contributed by atoms with Crippen molar-refractivity contribution in [2.24, 2.45) is 0 Å². The fraction of sp³-hybridized carbons (Fsp3) is 0.200. The summed E-state index contributed by atoms with van der Waals surface area (Å²) in [4.78, 5) is 46.6. The number of ketones is 2. The van der Waals surface area contributed by atoms with Crippen LogP contribution in [0.4, 0.5) is 11.4 Å². The van der Waals surface area contributed by atoms with Crippen LogP contribution in [-0.4, -0.2) is 23.4 Å². The second kappa shape index (κ2) is 8.71. The van der Waals surface area contributed by atoms with Crippen molar-refractivity contribution in [3.63, 3.8) is 0 Å². The van der Waals surface area contributed by atoms with Crippen molar-refractivity contribution in [3.05, 3.63) is 59.7 Å². The highest BCUT2D eigenvalue weighted by Crippen LogP contribution is 2.13. The summed E-state index contributed by atoms with van der Waals surface area (Å²) >= 11 is 0. The molecule has 0 saturated heterocycles. The Bertz CT molecular complexity index is 787. The average molecular weight is 352 g/mol. The van der Waals surface area contributed by atoms with E-state index < -0.39 is 0 Å². The molecule has 0 aliphatic rings. The minimum absolute atomic E-state index is 0.00251. The van der Waals surface area contributed by atoms with Crippen LogP contribution in [0.3, 0.4) is 0 Å². The molecule has 0 radical (unpaired) electrons. The molecule has 0 bridgehead atoms. The molecule has 6 nitrogen and oxygen atoms in total. The number of hydrogen-bond donors (Lipinski definition) is 2. The minimum Gasteiger partial charge on any atom is -0.326 e. The summed E-state index contributed by atoms with van der Waals surface area (Å²) in [6, 6.07) is 13.2. The summed E-state index contributed by atoms with van der Waals surface area (Å²) < 4.78 is 0. The van der Waals surface area contributed by atoms with E-state index in [-0.39, 0.29) is 36.2 Å². The van der Waals surface area contributed by atoms with Crippen LogP contribution in [0.2, 0.25) is 0 Å². The van der Waals surface area contributed by atoms with E-state index in [9.17, 15) is 19.2 Å². The number of nitrogens with one attached hydrogen (secondary N) is 2. The van der Waals surface area contributed by atoms with Crippen LogP contribution in [0.25, 0.3) is 0 Å². The Hall–Kier alpha value is -3.28. The van der Waals surface area contributed by atoms with Gasteiger partial charge in [0, 0.05) is 35.3 Å². The number of amides is 2. The molecule has 2 aromatic rings. The maximum atomic E-state index is 12.0. The molecule has 0 aliphatic heterocycles. The molecule has 26 heavy (non-hydrogen) atoms. The molecule has 0 aliphatic carbocycles. The fourth-order valence-corrected chi connectivity index (χ4v) is 2.31. The van der Waals surface area contributed by atoms with Crippen LogP contribution < -0.4 is 10.6 Å². The third-order valence-electron chi connectivity index (χ3n) is 3.68. The number of benzene rings is 2. The molecular weight excluding hydrogens is 332 g/mol. The zero-order valence-electron chi connectivity index (χ0n) is 14.7. The molecule has 0 spiro atoms. The van der Waals surface area contributed by atoms with Crippen LogP contribution in [0.1, 0.15) is 47.4 Å². The van der Waals surface area contributed by atoms with Crippen molar-refractivity contribution in [1.82, 2.24) is 0 Å². The van der Waals surface area contributed by atoms with E-state index in [2.05, 4.69) is 10.6 Å². The predicted octanol–water partition coefficient (Wildman–Crippen LogP) is 3.45. The average Bonchev–Trinajstić information content (AvgIpc) is 2.60. The lowest BCUT2D eigenvalue weighted by Crippen LogP contribution is -2.17. The highest BCUT2D eigenvalue weighted by molar-refractivity contribution is 6.00. The molecule has 6 heteroatoms. The van der Waals surface area contributed by atoms with Gasteiger partial charge in [0.25, 0.3) is 0 Å². The number of carbonyl (C=O) groups is 4. The van der Waals surface area contributed by atoms with Crippen LogP contribution in [0.5, 0.6) is 0 Å². The third-order valence-corrected chi connectivity index (χ3v) is 3.68. The molecule has 2 aromatic carbocycles. The molecule has 0 unspecified atom stereocenters. The summed E-state index contributed by atoms with van der Waals surface area (Å²) in [5, 5.41) is 5.33. The van der Waals surface area contributed by atoms with Gasteiger partial charge in [-0.25, -0.2) is 0 Å². The SMILES string of the molecule is CC(=O)c1cccc(NC(=O)CCC(=O)Nc2cccc(C(C)=O)c2)c1. The normalized spacial score (nSPS) is 10.1. The Balaban J connectivity index is 1.86. The molecule has 2 N–H and O–H groups in total. The molecular formula is C20H20N2O4. The van der Waals surface area contributed by atoms with Crippen LogP contribution in [0.15, 0.2) is 48.5 Å². The molecule has 0 heterocycles. The Morgan fingerprint density at radius 3 is 1.42 bits per heavy atom. The molecule has 2 rings (SSSR count). The van der Waals surface area contributed by atoms with Crippen LogP contribution in [-0.2, 0) is 9.59 Å². The summed E-state index contributed by atoms with van der Waals surface area (Å²) in [5.41, 5.74) is 2.03. The number of rotatable bonds is 7. The second-order valence-corrected chi connectivity index (χ2v) is 5.87. The molecule has 0 aromatic heterocycles. The third kappa shape index (κ3) is 5.66. The number of carbonyl (C=O) groups excluding carboxylic acids is 4. The van der Waals surface area contributed by atoms with E-state index in [0.717, 1.165) is 0 Å². The smallest absolute Gasteiger partial charge is 0.224 e. The van der Waals surface area contributed by atoms with Gasteiger partial charge in [-0.15, -0.1) is 0 Å². The van der Waals surface area contributed by atoms with Crippen molar-refractivity contribution in [2.75, 3.05) is 10.6 Å². The van der Waals surface area contributed by atoms with Gasteiger partial charge in [0.1, 0.15) is 0 Å². The monoisotopic (exact) mass is 352 g/mol. The zero-order valence-corrected chi connectivity index (χ0v) is 14.7. The first kappa shape index (κ1) is 19.1. The molecule has 0 fully saturated rings. The Kier molecular flexibility index (Phi) is 6.38. The van der Waals surface area contributed by atoms with Crippen molar-refractivity contribution < 1.29 is 19.2 Å². The van der Waals surface area contributed by atoms with E-state index in [0.29, 0.717) is 22.5 Å². The first-order valence-electron chi connectivity index (χ1n) is 8.17. The number of anilines is 2. The standard InChI is InChI=1S/C20H20N2O4/c1-13(23)15-5-3-7-17(11-15)21-19(25)9-10-20(26)22-18-8-4-6-16(12-18)14(2)24/h3-8,11-12H,9-10H2,1-2H3,(H,21,25)(H,22,26). The summed E-state index contributed by atoms with van der Waals surface area (Å²) in [6.45, 7) is 2.90. The first-order valence-corrected chi connectivity index (χ1v) is 8.17.